The van der Waals surface area contributed by atoms with Crippen molar-refractivity contribution in [1.29, 1.82) is 0 Å². The monoisotopic (exact) mass is 742 g/mol. The summed E-state index contributed by atoms with van der Waals surface area (Å²) in [6.07, 6.45) is 0. The van der Waals surface area contributed by atoms with Crippen LogP contribution in [0.3, 0.4) is 0 Å². The van der Waals surface area contributed by atoms with Gasteiger partial charge in [0.25, 0.3) is 0 Å². The highest BCUT2D eigenvalue weighted by atomic mass is 16.3. The molecule has 0 spiro atoms. The van der Waals surface area contributed by atoms with E-state index >= 15 is 0 Å². The number of fused-ring (bicyclic) bond motifs is 10. The zero-order chi connectivity index (χ0) is 38.2. The summed E-state index contributed by atoms with van der Waals surface area (Å²) in [5.74, 6) is 0. The number of hydrogen-bond acceptors (Lipinski definition) is 3. The quantitative estimate of drug-likeness (QED) is 0.170. The first-order valence-electron chi connectivity index (χ1n) is 19.7. The Bertz CT molecular complexity index is 3480. The van der Waals surface area contributed by atoms with Gasteiger partial charge < -0.3 is 18.3 Å². The predicted octanol–water partition coefficient (Wildman–Crippen LogP) is 15.4. The fraction of sp³-hybridized carbons (Fsp3) is 0. The molecule has 3 aromatic heterocycles. The van der Waals surface area contributed by atoms with Gasteiger partial charge in [-0.25, -0.2) is 0 Å². The van der Waals surface area contributed by atoms with E-state index in [1.54, 1.807) is 0 Å². The molecule has 4 heteroatoms. The number of hydrogen-bond donors (Lipinski definition) is 0. The van der Waals surface area contributed by atoms with E-state index in [4.69, 9.17) is 8.83 Å². The zero-order valence-corrected chi connectivity index (χ0v) is 31.3. The van der Waals surface area contributed by atoms with Crippen LogP contribution in [0.5, 0.6) is 0 Å². The Balaban J connectivity index is 0.937. The number of rotatable bonds is 6. The highest BCUT2D eigenvalue weighted by Crippen LogP contribution is 2.44. The van der Waals surface area contributed by atoms with E-state index in [-0.39, 0.29) is 0 Å². The van der Waals surface area contributed by atoms with Gasteiger partial charge in [-0.1, -0.05) is 133 Å². The van der Waals surface area contributed by atoms with Gasteiger partial charge in [-0.2, -0.15) is 0 Å². The lowest BCUT2D eigenvalue weighted by Crippen LogP contribution is -2.10. The van der Waals surface area contributed by atoms with E-state index in [9.17, 15) is 0 Å². The first-order valence-corrected chi connectivity index (χ1v) is 19.7. The fourth-order valence-corrected chi connectivity index (χ4v) is 8.89. The number of aromatic nitrogens is 1. The number of nitrogens with zero attached hydrogens (tertiary/aromatic N) is 2. The SMILES string of the molecule is c1ccc(-c2ccc(N(c3ccc(-c4ccc(-n5c6ccccc6c6c7oc8ccccc8c7ccc65)cc4)cc3)c3cccc4c3oc3ccccc34)cc2)cc1. The standard InChI is InChI=1S/C54H34N2O2/c1-2-11-35(12-3-1)36-21-27-39(28-22-36)55(49-18-10-16-44-42-13-5-8-19-50(42)57-53(44)49)40-29-23-37(24-30-40)38-25-31-41(32-26-38)56-47-17-7-4-15-46(47)52-48(56)34-33-45-43-14-6-9-20-51(43)58-54(45)52/h1-34H. The third-order valence-electron chi connectivity index (χ3n) is 11.6. The number of anilines is 3. The summed E-state index contributed by atoms with van der Waals surface area (Å²) < 4.78 is 15.4. The molecule has 0 bridgehead atoms. The molecule has 0 amide bonds. The number of benzene rings is 9. The van der Waals surface area contributed by atoms with Crippen molar-refractivity contribution in [3.05, 3.63) is 206 Å². The third kappa shape index (κ3) is 5.02. The molecule has 0 aliphatic heterocycles. The van der Waals surface area contributed by atoms with Crippen LogP contribution in [0.1, 0.15) is 0 Å². The largest absolute Gasteiger partial charge is 0.455 e. The molecule has 0 fully saturated rings. The lowest BCUT2D eigenvalue weighted by atomic mass is 10.0. The van der Waals surface area contributed by atoms with Gasteiger partial charge in [0.1, 0.15) is 16.7 Å². The Morgan fingerprint density at radius 3 is 1.48 bits per heavy atom. The van der Waals surface area contributed by atoms with Gasteiger partial charge in [0, 0.05) is 44.0 Å². The van der Waals surface area contributed by atoms with Crippen molar-refractivity contribution in [1.82, 2.24) is 4.57 Å². The molecule has 58 heavy (non-hydrogen) atoms. The van der Waals surface area contributed by atoms with Gasteiger partial charge >= 0.3 is 0 Å². The summed E-state index contributed by atoms with van der Waals surface area (Å²) in [6.45, 7) is 0. The number of para-hydroxylation sites is 4. The molecule has 9 aromatic carbocycles. The second-order valence-electron chi connectivity index (χ2n) is 14.9. The van der Waals surface area contributed by atoms with Crippen LogP contribution in [0.25, 0.3) is 93.6 Å². The molecule has 272 valence electrons. The molecular weight excluding hydrogens is 709 g/mol. The molecular formula is C54H34N2O2. The lowest BCUT2D eigenvalue weighted by Gasteiger charge is -2.26. The van der Waals surface area contributed by atoms with Gasteiger partial charge in [0.05, 0.1) is 22.1 Å². The minimum absolute atomic E-state index is 0.863. The van der Waals surface area contributed by atoms with Crippen molar-refractivity contribution < 1.29 is 8.83 Å². The van der Waals surface area contributed by atoms with Gasteiger partial charge in [0.2, 0.25) is 0 Å². The van der Waals surface area contributed by atoms with E-state index in [0.29, 0.717) is 0 Å². The van der Waals surface area contributed by atoms with Crippen molar-refractivity contribution in [3.63, 3.8) is 0 Å². The molecule has 0 atom stereocenters. The van der Waals surface area contributed by atoms with Gasteiger partial charge in [-0.05, 0) is 95.1 Å². The molecule has 0 N–H and O–H groups in total. The summed E-state index contributed by atoms with van der Waals surface area (Å²) >= 11 is 0. The predicted molar refractivity (Wildman–Crippen MR) is 241 cm³/mol. The zero-order valence-electron chi connectivity index (χ0n) is 31.3. The molecule has 3 heterocycles. The molecule has 0 aliphatic rings. The summed E-state index contributed by atoms with van der Waals surface area (Å²) in [6, 6.07) is 73.1. The average Bonchev–Trinajstić information content (AvgIpc) is 3.97. The van der Waals surface area contributed by atoms with Crippen molar-refractivity contribution in [3.8, 4) is 27.9 Å². The van der Waals surface area contributed by atoms with Crippen LogP contribution in [-0.4, -0.2) is 4.57 Å². The first-order chi connectivity index (χ1) is 28.8. The molecule has 0 saturated carbocycles. The highest BCUT2D eigenvalue weighted by molar-refractivity contribution is 6.23. The minimum atomic E-state index is 0.863. The van der Waals surface area contributed by atoms with Gasteiger partial charge in [-0.3, -0.25) is 0 Å². The van der Waals surface area contributed by atoms with Crippen molar-refractivity contribution >= 4 is 82.7 Å². The minimum Gasteiger partial charge on any atom is -0.455 e. The smallest absolute Gasteiger partial charge is 0.159 e. The molecule has 0 radical (unpaired) electrons. The first kappa shape index (κ1) is 32.4. The van der Waals surface area contributed by atoms with Crippen molar-refractivity contribution in [2.75, 3.05) is 4.90 Å². The maximum Gasteiger partial charge on any atom is 0.159 e. The Morgan fingerprint density at radius 2 is 0.828 bits per heavy atom. The van der Waals surface area contributed by atoms with Crippen molar-refractivity contribution in [2.45, 2.75) is 0 Å². The molecule has 0 saturated heterocycles. The van der Waals surface area contributed by atoms with E-state index in [1.165, 1.54) is 16.5 Å². The van der Waals surface area contributed by atoms with E-state index in [2.05, 4.69) is 191 Å². The van der Waals surface area contributed by atoms with Crippen LogP contribution in [0.2, 0.25) is 0 Å². The van der Waals surface area contributed by atoms with Crippen molar-refractivity contribution in [2.24, 2.45) is 0 Å². The van der Waals surface area contributed by atoms with Crippen LogP contribution in [0.15, 0.2) is 215 Å². The van der Waals surface area contributed by atoms with Crippen LogP contribution < -0.4 is 4.90 Å². The van der Waals surface area contributed by atoms with E-state index in [1.807, 2.05) is 24.3 Å². The number of furan rings is 2. The third-order valence-corrected chi connectivity index (χ3v) is 11.6. The summed E-state index contributed by atoms with van der Waals surface area (Å²) in [4.78, 5) is 2.30. The Labute approximate surface area is 334 Å². The maximum absolute atomic E-state index is 6.57. The normalized spacial score (nSPS) is 11.8. The molecule has 12 rings (SSSR count). The highest BCUT2D eigenvalue weighted by Gasteiger charge is 2.21. The molecule has 0 aliphatic carbocycles. The van der Waals surface area contributed by atoms with E-state index in [0.717, 1.165) is 94.2 Å². The van der Waals surface area contributed by atoms with E-state index < -0.39 is 0 Å². The second kappa shape index (κ2) is 12.9. The molecule has 12 aromatic rings. The lowest BCUT2D eigenvalue weighted by molar-refractivity contribution is 0.669. The van der Waals surface area contributed by atoms with Crippen LogP contribution in [0.4, 0.5) is 17.1 Å². The van der Waals surface area contributed by atoms with Gasteiger partial charge in [-0.15, -0.1) is 0 Å². The topological polar surface area (TPSA) is 34.5 Å². The Kier molecular flexibility index (Phi) is 7.20. The van der Waals surface area contributed by atoms with Crippen LogP contribution in [0, 0.1) is 0 Å². The second-order valence-corrected chi connectivity index (χ2v) is 14.9. The maximum atomic E-state index is 6.57. The van der Waals surface area contributed by atoms with Crippen LogP contribution in [-0.2, 0) is 0 Å². The summed E-state index contributed by atoms with van der Waals surface area (Å²) in [7, 11) is 0. The van der Waals surface area contributed by atoms with Crippen LogP contribution >= 0.6 is 0 Å². The Morgan fingerprint density at radius 1 is 0.328 bits per heavy atom. The summed E-state index contributed by atoms with van der Waals surface area (Å²) in [5, 5.41) is 6.81. The summed E-state index contributed by atoms with van der Waals surface area (Å²) in [5.41, 5.74) is 14.7. The Hall–Kier alpha value is -7.82. The molecule has 4 nitrogen and oxygen atoms in total. The van der Waals surface area contributed by atoms with Gasteiger partial charge in [0.15, 0.2) is 5.58 Å². The average molecular weight is 743 g/mol. The molecule has 0 unspecified atom stereocenters. The fourth-order valence-electron chi connectivity index (χ4n) is 8.89.